The van der Waals surface area contributed by atoms with Gasteiger partial charge < -0.3 is 10.2 Å². The SMILES string of the molecule is CNCCCN(C)C(=O)CC1=C(C)/C(=C/c2ccc(SC)cc2)c2ccc(F)cc21. The van der Waals surface area contributed by atoms with E-state index in [4.69, 9.17) is 0 Å². The third kappa shape index (κ3) is 5.02. The van der Waals surface area contributed by atoms with Gasteiger partial charge in [0, 0.05) is 18.5 Å². The fraction of sp³-hybridized carbons (Fsp3) is 0.320. The minimum Gasteiger partial charge on any atom is -0.345 e. The van der Waals surface area contributed by atoms with Crippen molar-refractivity contribution in [2.75, 3.05) is 33.4 Å². The maximum Gasteiger partial charge on any atom is 0.226 e. The first-order valence-corrected chi connectivity index (χ1v) is 11.4. The van der Waals surface area contributed by atoms with Crippen molar-refractivity contribution in [3.8, 4) is 0 Å². The molecule has 30 heavy (non-hydrogen) atoms. The van der Waals surface area contributed by atoms with E-state index in [0.717, 1.165) is 46.4 Å². The highest BCUT2D eigenvalue weighted by Gasteiger charge is 2.26. The van der Waals surface area contributed by atoms with Gasteiger partial charge in [0.1, 0.15) is 5.82 Å². The molecule has 5 heteroatoms. The number of benzene rings is 2. The van der Waals surface area contributed by atoms with Crippen LogP contribution in [0.3, 0.4) is 0 Å². The zero-order chi connectivity index (χ0) is 21.7. The van der Waals surface area contributed by atoms with E-state index in [1.54, 1.807) is 22.7 Å². The van der Waals surface area contributed by atoms with Crippen LogP contribution in [0.25, 0.3) is 17.2 Å². The average molecular weight is 425 g/mol. The van der Waals surface area contributed by atoms with Crippen molar-refractivity contribution in [1.29, 1.82) is 0 Å². The highest BCUT2D eigenvalue weighted by atomic mass is 32.2. The predicted octanol–water partition coefficient (Wildman–Crippen LogP) is 5.33. The van der Waals surface area contributed by atoms with E-state index < -0.39 is 0 Å². The number of nitrogens with zero attached hydrogens (tertiary/aromatic N) is 1. The molecule has 0 unspecified atom stereocenters. The number of rotatable bonds is 8. The van der Waals surface area contributed by atoms with E-state index in [9.17, 15) is 9.18 Å². The Labute approximate surface area is 183 Å². The largest absolute Gasteiger partial charge is 0.345 e. The highest BCUT2D eigenvalue weighted by molar-refractivity contribution is 7.98. The summed E-state index contributed by atoms with van der Waals surface area (Å²) in [6.45, 7) is 3.60. The van der Waals surface area contributed by atoms with Crippen molar-refractivity contribution in [2.45, 2.75) is 24.7 Å². The first kappa shape index (κ1) is 22.3. The van der Waals surface area contributed by atoms with Crippen molar-refractivity contribution in [1.82, 2.24) is 10.2 Å². The lowest BCUT2D eigenvalue weighted by Gasteiger charge is -2.18. The van der Waals surface area contributed by atoms with Crippen LogP contribution in [0.1, 0.15) is 36.5 Å². The summed E-state index contributed by atoms with van der Waals surface area (Å²) in [7, 11) is 3.74. The van der Waals surface area contributed by atoms with E-state index in [1.807, 2.05) is 27.1 Å². The van der Waals surface area contributed by atoms with E-state index in [-0.39, 0.29) is 18.1 Å². The lowest BCUT2D eigenvalue weighted by Crippen LogP contribution is -2.29. The smallest absolute Gasteiger partial charge is 0.226 e. The summed E-state index contributed by atoms with van der Waals surface area (Å²) in [4.78, 5) is 15.8. The number of hydrogen-bond donors (Lipinski definition) is 1. The zero-order valence-electron chi connectivity index (χ0n) is 18.1. The summed E-state index contributed by atoms with van der Waals surface area (Å²) >= 11 is 1.71. The van der Waals surface area contributed by atoms with Gasteiger partial charge in [-0.3, -0.25) is 4.79 Å². The minimum absolute atomic E-state index is 0.0567. The molecule has 158 valence electrons. The molecular formula is C25H29FN2OS. The Balaban J connectivity index is 1.92. The number of carbonyl (C=O) groups is 1. The molecule has 2 aromatic rings. The van der Waals surface area contributed by atoms with Crippen LogP contribution in [-0.4, -0.2) is 44.2 Å². The molecule has 0 atom stereocenters. The average Bonchev–Trinajstić information content (AvgIpc) is 2.99. The summed E-state index contributed by atoms with van der Waals surface area (Å²) in [5, 5.41) is 3.10. The van der Waals surface area contributed by atoms with Crippen LogP contribution in [0.15, 0.2) is 52.9 Å². The van der Waals surface area contributed by atoms with Crippen LogP contribution in [0, 0.1) is 5.82 Å². The van der Waals surface area contributed by atoms with Gasteiger partial charge in [-0.1, -0.05) is 18.2 Å². The molecule has 0 aliphatic heterocycles. The molecule has 1 aliphatic carbocycles. The van der Waals surface area contributed by atoms with Gasteiger partial charge in [0.05, 0.1) is 6.42 Å². The normalized spacial score (nSPS) is 14.4. The zero-order valence-corrected chi connectivity index (χ0v) is 18.9. The molecule has 0 heterocycles. The second-order valence-electron chi connectivity index (χ2n) is 7.57. The van der Waals surface area contributed by atoms with Gasteiger partial charge in [0.2, 0.25) is 5.91 Å². The lowest BCUT2D eigenvalue weighted by atomic mass is 10.0. The Morgan fingerprint density at radius 3 is 2.57 bits per heavy atom. The molecule has 0 fully saturated rings. The van der Waals surface area contributed by atoms with Gasteiger partial charge in [-0.15, -0.1) is 11.8 Å². The number of thioether (sulfide) groups is 1. The summed E-state index contributed by atoms with van der Waals surface area (Å²) in [6.07, 6.45) is 5.37. The Bertz CT molecular complexity index is 979. The van der Waals surface area contributed by atoms with Crippen LogP contribution in [0.4, 0.5) is 4.39 Å². The summed E-state index contributed by atoms with van der Waals surface area (Å²) in [6, 6.07) is 13.3. The van der Waals surface area contributed by atoms with Crippen LogP contribution in [-0.2, 0) is 4.79 Å². The second kappa shape index (κ2) is 10.1. The number of amides is 1. The van der Waals surface area contributed by atoms with Gasteiger partial charge >= 0.3 is 0 Å². The Morgan fingerprint density at radius 2 is 1.90 bits per heavy atom. The monoisotopic (exact) mass is 424 g/mol. The Hall–Kier alpha value is -2.37. The van der Waals surface area contributed by atoms with Crippen molar-refractivity contribution in [3.05, 3.63) is 70.5 Å². The number of allylic oxidation sites excluding steroid dienone is 2. The van der Waals surface area contributed by atoms with Crippen molar-refractivity contribution < 1.29 is 9.18 Å². The molecule has 0 aromatic heterocycles. The molecule has 0 radical (unpaired) electrons. The first-order valence-electron chi connectivity index (χ1n) is 10.2. The molecule has 0 bridgehead atoms. The van der Waals surface area contributed by atoms with Crippen molar-refractivity contribution in [2.24, 2.45) is 0 Å². The molecule has 0 saturated carbocycles. The molecule has 1 N–H and O–H groups in total. The van der Waals surface area contributed by atoms with Crippen LogP contribution in [0.2, 0.25) is 0 Å². The van der Waals surface area contributed by atoms with E-state index in [1.165, 1.54) is 11.0 Å². The molecular weight excluding hydrogens is 395 g/mol. The van der Waals surface area contributed by atoms with Gasteiger partial charge in [-0.25, -0.2) is 4.39 Å². The lowest BCUT2D eigenvalue weighted by molar-refractivity contribution is -0.128. The molecule has 2 aromatic carbocycles. The minimum atomic E-state index is -0.278. The summed E-state index contributed by atoms with van der Waals surface area (Å²) in [5.74, 6) is -0.222. The fourth-order valence-corrected chi connectivity index (χ4v) is 4.16. The fourth-order valence-electron chi connectivity index (χ4n) is 3.75. The first-order chi connectivity index (χ1) is 14.4. The third-order valence-electron chi connectivity index (χ3n) is 5.55. The number of hydrogen-bond acceptors (Lipinski definition) is 3. The number of halogens is 1. The van der Waals surface area contributed by atoms with Crippen molar-refractivity contribution in [3.63, 3.8) is 0 Å². The third-order valence-corrected chi connectivity index (χ3v) is 6.30. The molecule has 1 amide bonds. The van der Waals surface area contributed by atoms with Gasteiger partial charge in [-0.05, 0) is 96.9 Å². The highest BCUT2D eigenvalue weighted by Crippen LogP contribution is 2.44. The van der Waals surface area contributed by atoms with Gasteiger partial charge in [-0.2, -0.15) is 0 Å². The summed E-state index contributed by atoms with van der Waals surface area (Å²) in [5.41, 5.74) is 5.93. The van der Waals surface area contributed by atoms with Crippen molar-refractivity contribution >= 4 is 34.9 Å². The molecule has 3 nitrogen and oxygen atoms in total. The summed E-state index contributed by atoms with van der Waals surface area (Å²) < 4.78 is 14.1. The van der Waals surface area contributed by atoms with Crippen LogP contribution in [0.5, 0.6) is 0 Å². The number of fused-ring (bicyclic) bond motifs is 1. The standard InChI is InChI=1S/C25H29FN2OS/c1-17-22(14-18-6-9-20(30-4)10-7-18)21-11-8-19(26)15-24(21)23(17)16-25(29)28(3)13-5-12-27-2/h6-11,14-15,27H,5,12-13,16H2,1-4H3/b22-14-. The quantitative estimate of drug-likeness (QED) is 0.459. The van der Waals surface area contributed by atoms with Crippen LogP contribution >= 0.6 is 11.8 Å². The van der Waals surface area contributed by atoms with Gasteiger partial charge in [0.15, 0.2) is 0 Å². The van der Waals surface area contributed by atoms with Crippen LogP contribution < -0.4 is 5.32 Å². The van der Waals surface area contributed by atoms with E-state index >= 15 is 0 Å². The number of nitrogens with one attached hydrogen (secondary N) is 1. The molecule has 1 aliphatic rings. The molecule has 0 saturated heterocycles. The van der Waals surface area contributed by atoms with Gasteiger partial charge in [0.25, 0.3) is 0 Å². The maximum atomic E-state index is 14.1. The van der Waals surface area contributed by atoms with E-state index in [2.05, 4.69) is 41.9 Å². The second-order valence-corrected chi connectivity index (χ2v) is 8.45. The molecule has 3 rings (SSSR count). The van der Waals surface area contributed by atoms with E-state index in [0.29, 0.717) is 6.54 Å². The number of carbonyl (C=O) groups excluding carboxylic acids is 1. The maximum absolute atomic E-state index is 14.1. The topological polar surface area (TPSA) is 32.3 Å². The predicted molar refractivity (Wildman–Crippen MR) is 126 cm³/mol. The Kier molecular flexibility index (Phi) is 7.51. The Morgan fingerprint density at radius 1 is 1.17 bits per heavy atom. The molecule has 0 spiro atoms.